The molecular weight excluding hydrogens is 282 g/mol. The first kappa shape index (κ1) is 18.2. The van der Waals surface area contributed by atoms with Gasteiger partial charge in [0.25, 0.3) is 0 Å². The Bertz CT molecular complexity index is 485. The second-order valence-corrected chi connectivity index (χ2v) is 8.06. The predicted molar refractivity (Wildman–Crippen MR) is 90.2 cm³/mol. The Morgan fingerprint density at radius 2 is 1.71 bits per heavy atom. The van der Waals surface area contributed by atoms with Gasteiger partial charge in [0.15, 0.2) is 0 Å². The molecule has 120 valence electrons. The molecule has 1 aromatic carbocycles. The number of hydrogen-bond acceptors (Lipinski definition) is 3. The zero-order valence-electron chi connectivity index (χ0n) is 13.5. The molecule has 1 aromatic rings. The summed E-state index contributed by atoms with van der Waals surface area (Å²) < 4.78 is 23.8. The summed E-state index contributed by atoms with van der Waals surface area (Å²) in [6, 6.07) is 10.5. The molecule has 0 radical (unpaired) electrons. The van der Waals surface area contributed by atoms with Crippen molar-refractivity contribution in [3.8, 4) is 0 Å². The molecule has 0 aliphatic carbocycles. The highest BCUT2D eigenvalue weighted by molar-refractivity contribution is 7.91. The molecule has 0 aromatic heterocycles. The van der Waals surface area contributed by atoms with Crippen LogP contribution in [-0.2, 0) is 9.84 Å². The minimum atomic E-state index is -2.89. The quantitative estimate of drug-likeness (QED) is 0.718. The van der Waals surface area contributed by atoms with Gasteiger partial charge in [-0.3, -0.25) is 0 Å². The Morgan fingerprint density at radius 1 is 1.05 bits per heavy atom. The van der Waals surface area contributed by atoms with Gasteiger partial charge in [-0.05, 0) is 37.3 Å². The van der Waals surface area contributed by atoms with E-state index in [2.05, 4.69) is 31.3 Å². The Kier molecular flexibility index (Phi) is 7.97. The lowest BCUT2D eigenvalue weighted by Crippen LogP contribution is -2.29. The Hall–Kier alpha value is -0.870. The van der Waals surface area contributed by atoms with Crippen molar-refractivity contribution in [3.05, 3.63) is 35.9 Å². The number of hydrogen-bond donors (Lipinski definition) is 1. The number of benzene rings is 1. The summed E-state index contributed by atoms with van der Waals surface area (Å²) in [7, 11) is -2.89. The molecule has 21 heavy (non-hydrogen) atoms. The largest absolute Gasteiger partial charge is 0.310 e. The zero-order valence-corrected chi connectivity index (χ0v) is 14.3. The van der Waals surface area contributed by atoms with Gasteiger partial charge in [0.1, 0.15) is 9.84 Å². The fourth-order valence-corrected chi connectivity index (χ4v) is 4.11. The van der Waals surface area contributed by atoms with E-state index in [0.29, 0.717) is 30.3 Å². The third-order valence-electron chi connectivity index (χ3n) is 3.74. The predicted octanol–water partition coefficient (Wildman–Crippen LogP) is 3.58. The summed E-state index contributed by atoms with van der Waals surface area (Å²) in [5, 5.41) is 3.56. The van der Waals surface area contributed by atoms with E-state index in [4.69, 9.17) is 0 Å². The third kappa shape index (κ3) is 6.62. The maximum atomic E-state index is 11.9. The van der Waals surface area contributed by atoms with E-state index >= 15 is 0 Å². The Balaban J connectivity index is 2.70. The molecular formula is C17H29NO2S. The summed E-state index contributed by atoms with van der Waals surface area (Å²) in [6.07, 6.45) is 2.48. The molecule has 0 aliphatic rings. The van der Waals surface area contributed by atoms with Crippen LogP contribution in [0.4, 0.5) is 0 Å². The van der Waals surface area contributed by atoms with Gasteiger partial charge in [-0.15, -0.1) is 0 Å². The maximum Gasteiger partial charge on any atom is 0.150 e. The van der Waals surface area contributed by atoms with Gasteiger partial charge >= 0.3 is 0 Å². The zero-order chi connectivity index (χ0) is 15.7. The SMILES string of the molecule is CCCNC(c1ccccc1)C(C)CCS(=O)(=O)CCC. The first-order valence-corrected chi connectivity index (χ1v) is 9.81. The average molecular weight is 311 g/mol. The highest BCUT2D eigenvalue weighted by Crippen LogP contribution is 2.25. The lowest BCUT2D eigenvalue weighted by atomic mass is 9.92. The van der Waals surface area contributed by atoms with Crippen LogP contribution in [0.2, 0.25) is 0 Å². The van der Waals surface area contributed by atoms with Gasteiger partial charge in [0.2, 0.25) is 0 Å². The van der Waals surface area contributed by atoms with Gasteiger partial charge in [-0.25, -0.2) is 8.42 Å². The topological polar surface area (TPSA) is 46.2 Å². The standard InChI is InChI=1S/C17H29NO2S/c1-4-12-18-17(16-9-7-6-8-10-16)15(3)11-14-21(19,20)13-5-2/h6-10,15,17-18H,4-5,11-14H2,1-3H3. The lowest BCUT2D eigenvalue weighted by Gasteiger charge is -2.26. The summed E-state index contributed by atoms with van der Waals surface area (Å²) in [6.45, 7) is 7.15. The molecule has 2 unspecified atom stereocenters. The maximum absolute atomic E-state index is 11.9. The van der Waals surface area contributed by atoms with Crippen molar-refractivity contribution in [2.45, 2.75) is 46.1 Å². The lowest BCUT2D eigenvalue weighted by molar-refractivity contribution is 0.377. The molecule has 0 saturated heterocycles. The fraction of sp³-hybridized carbons (Fsp3) is 0.647. The highest BCUT2D eigenvalue weighted by atomic mass is 32.2. The first-order chi connectivity index (χ1) is 10.00. The van der Waals surface area contributed by atoms with Gasteiger partial charge in [-0.2, -0.15) is 0 Å². The highest BCUT2D eigenvalue weighted by Gasteiger charge is 2.20. The normalized spacial score (nSPS) is 14.8. The van der Waals surface area contributed by atoms with Crippen LogP contribution in [0.1, 0.15) is 51.6 Å². The van der Waals surface area contributed by atoms with Gasteiger partial charge in [0, 0.05) is 11.8 Å². The molecule has 0 bridgehead atoms. The van der Waals surface area contributed by atoms with Crippen molar-refractivity contribution in [1.82, 2.24) is 5.32 Å². The van der Waals surface area contributed by atoms with Crippen LogP contribution < -0.4 is 5.32 Å². The summed E-state index contributed by atoms with van der Waals surface area (Å²) in [4.78, 5) is 0. The van der Waals surface area contributed by atoms with E-state index in [9.17, 15) is 8.42 Å². The summed E-state index contributed by atoms with van der Waals surface area (Å²) in [5.74, 6) is 0.891. The molecule has 0 heterocycles. The van der Waals surface area contributed by atoms with Crippen molar-refractivity contribution in [2.75, 3.05) is 18.1 Å². The van der Waals surface area contributed by atoms with E-state index in [1.54, 1.807) is 0 Å². The van der Waals surface area contributed by atoms with Crippen LogP contribution in [0, 0.1) is 5.92 Å². The molecule has 0 saturated carbocycles. The van der Waals surface area contributed by atoms with E-state index in [1.807, 2.05) is 25.1 Å². The van der Waals surface area contributed by atoms with E-state index in [0.717, 1.165) is 13.0 Å². The minimum Gasteiger partial charge on any atom is -0.310 e. The fourth-order valence-electron chi connectivity index (χ4n) is 2.55. The third-order valence-corrected chi connectivity index (χ3v) is 5.63. The molecule has 0 spiro atoms. The van der Waals surface area contributed by atoms with Gasteiger partial charge in [-0.1, -0.05) is 51.1 Å². The van der Waals surface area contributed by atoms with E-state index < -0.39 is 9.84 Å². The van der Waals surface area contributed by atoms with Gasteiger partial charge < -0.3 is 5.32 Å². The van der Waals surface area contributed by atoms with Crippen LogP contribution in [0.15, 0.2) is 30.3 Å². The summed E-state index contributed by atoms with van der Waals surface area (Å²) in [5.41, 5.74) is 1.24. The summed E-state index contributed by atoms with van der Waals surface area (Å²) >= 11 is 0. The van der Waals surface area contributed by atoms with Crippen LogP contribution >= 0.6 is 0 Å². The van der Waals surface area contributed by atoms with Crippen LogP contribution in [0.3, 0.4) is 0 Å². The van der Waals surface area contributed by atoms with Gasteiger partial charge in [0.05, 0.1) is 5.75 Å². The van der Waals surface area contributed by atoms with Crippen molar-refractivity contribution < 1.29 is 8.42 Å². The Labute approximate surface area is 130 Å². The number of sulfone groups is 1. The molecule has 0 aliphatic heterocycles. The molecule has 2 atom stereocenters. The first-order valence-electron chi connectivity index (χ1n) is 7.99. The molecule has 3 nitrogen and oxygen atoms in total. The number of rotatable bonds is 10. The van der Waals surface area contributed by atoms with Crippen molar-refractivity contribution in [3.63, 3.8) is 0 Å². The molecule has 4 heteroatoms. The van der Waals surface area contributed by atoms with Crippen LogP contribution in [0.25, 0.3) is 0 Å². The number of nitrogens with one attached hydrogen (secondary N) is 1. The van der Waals surface area contributed by atoms with Crippen LogP contribution in [0.5, 0.6) is 0 Å². The van der Waals surface area contributed by atoms with Crippen molar-refractivity contribution >= 4 is 9.84 Å². The van der Waals surface area contributed by atoms with Crippen molar-refractivity contribution in [1.29, 1.82) is 0 Å². The minimum absolute atomic E-state index is 0.225. The Morgan fingerprint density at radius 3 is 2.29 bits per heavy atom. The molecule has 0 fully saturated rings. The second-order valence-electron chi connectivity index (χ2n) is 5.76. The average Bonchev–Trinajstić information content (AvgIpc) is 2.47. The molecule has 1 N–H and O–H groups in total. The monoisotopic (exact) mass is 311 g/mol. The van der Waals surface area contributed by atoms with Crippen molar-refractivity contribution in [2.24, 2.45) is 5.92 Å². The van der Waals surface area contributed by atoms with Crippen LogP contribution in [-0.4, -0.2) is 26.5 Å². The second kappa shape index (κ2) is 9.21. The molecule has 0 amide bonds. The van der Waals surface area contributed by atoms with E-state index in [-0.39, 0.29) is 6.04 Å². The smallest absolute Gasteiger partial charge is 0.150 e. The molecule has 1 rings (SSSR count). The van der Waals surface area contributed by atoms with E-state index in [1.165, 1.54) is 5.56 Å².